The molecule has 0 spiro atoms. The van der Waals surface area contributed by atoms with E-state index in [1.807, 2.05) is 45.3 Å². The average molecular weight is 1610 g/mol. The highest BCUT2D eigenvalue weighted by atomic mass is 32.1. The van der Waals surface area contributed by atoms with Crippen LogP contribution in [-0.2, 0) is 0 Å². The van der Waals surface area contributed by atoms with Gasteiger partial charge in [-0.1, -0.05) is 303 Å². The lowest BCUT2D eigenvalue weighted by Crippen LogP contribution is -1.87. The highest BCUT2D eigenvalue weighted by molar-refractivity contribution is 7.28. The van der Waals surface area contributed by atoms with Crippen molar-refractivity contribution in [1.82, 2.24) is 0 Å². The minimum Gasteiger partial charge on any atom is -0.456 e. The van der Waals surface area contributed by atoms with Gasteiger partial charge in [0.2, 0.25) is 0 Å². The third-order valence-electron chi connectivity index (χ3n) is 25.6. The molecule has 0 aliphatic heterocycles. The SMILES string of the molecule is Cc1ccccc1-c1ccc2c3ccccc3c3ccc(-c4ccccc4C)c4sc1c2c43.c1ccc(-c2ccc3sc4c(-c5ccc6c(c5)c5cccc7oc8cccc6c8c75)cc(-c5ccccc5)cc4c3c2)cc1.c1ccc(-c2ccc3sc4c(-c5ccc6c(c5)c5cccc7sc8cccc6c8c75)cc(-c5ccccc5)cc4c3c2)cc1. The molecule has 0 saturated heterocycles. The molecule has 0 N–H and O–H groups in total. The summed E-state index contributed by atoms with van der Waals surface area (Å²) >= 11 is 7.67. The molecule has 0 aliphatic carbocycles. The maximum Gasteiger partial charge on any atom is 0.136 e. The van der Waals surface area contributed by atoms with Crippen LogP contribution in [0.4, 0.5) is 0 Å². The second-order valence-electron chi connectivity index (χ2n) is 32.3. The van der Waals surface area contributed by atoms with Gasteiger partial charge in [0.1, 0.15) is 11.2 Å². The summed E-state index contributed by atoms with van der Waals surface area (Å²) in [6, 6.07) is 143. The third-order valence-corrected chi connectivity index (χ3v) is 30.4. The summed E-state index contributed by atoms with van der Waals surface area (Å²) in [6.07, 6.45) is 0. The van der Waals surface area contributed by atoms with E-state index in [2.05, 4.69) is 402 Å². The van der Waals surface area contributed by atoms with Crippen molar-refractivity contribution >= 4 is 213 Å². The molecule has 0 amide bonds. The molecule has 27 aromatic rings. The first kappa shape index (κ1) is 69.9. The van der Waals surface area contributed by atoms with Gasteiger partial charge in [-0.2, -0.15) is 0 Å². The zero-order valence-electron chi connectivity index (χ0n) is 66.0. The molecular weight excluding hydrogens is 1540 g/mol. The lowest BCUT2D eigenvalue weighted by Gasteiger charge is -2.13. The van der Waals surface area contributed by atoms with E-state index in [4.69, 9.17) is 4.42 Å². The van der Waals surface area contributed by atoms with Crippen LogP contribution in [0.3, 0.4) is 0 Å². The molecule has 0 radical (unpaired) electrons. The van der Waals surface area contributed by atoms with E-state index in [9.17, 15) is 0 Å². The van der Waals surface area contributed by atoms with Crippen molar-refractivity contribution in [2.24, 2.45) is 0 Å². The maximum absolute atomic E-state index is 6.30. The van der Waals surface area contributed by atoms with Crippen molar-refractivity contribution < 1.29 is 4.42 Å². The van der Waals surface area contributed by atoms with Crippen molar-refractivity contribution in [2.75, 3.05) is 0 Å². The number of aryl methyl sites for hydroxylation is 2. The molecule has 0 aliphatic rings. The van der Waals surface area contributed by atoms with Crippen molar-refractivity contribution in [3.8, 4) is 89.0 Å². The summed E-state index contributed by atoms with van der Waals surface area (Å²) in [5.74, 6) is 0. The normalized spacial score (nSPS) is 12.0. The highest BCUT2D eigenvalue weighted by Crippen LogP contribution is 2.55. The predicted molar refractivity (Wildman–Crippen MR) is 530 cm³/mol. The molecule has 121 heavy (non-hydrogen) atoms. The second kappa shape index (κ2) is 27.7. The molecular formula is C116H70OS4. The van der Waals surface area contributed by atoms with E-state index in [1.54, 1.807) is 0 Å². The number of fused-ring (bicyclic) bond motifs is 15. The van der Waals surface area contributed by atoms with Gasteiger partial charge < -0.3 is 4.42 Å². The second-order valence-corrected chi connectivity index (χ2v) is 36.5. The fraction of sp³-hybridized carbons (Fsp3) is 0.0172. The zero-order valence-corrected chi connectivity index (χ0v) is 69.3. The zero-order chi connectivity index (χ0) is 79.7. The minimum absolute atomic E-state index is 0.952. The first-order valence-electron chi connectivity index (χ1n) is 41.5. The van der Waals surface area contributed by atoms with Crippen molar-refractivity contribution in [1.29, 1.82) is 0 Å². The summed E-state index contributed by atoms with van der Waals surface area (Å²) in [7, 11) is 0. The summed E-state index contributed by atoms with van der Waals surface area (Å²) in [4.78, 5) is 0. The van der Waals surface area contributed by atoms with E-state index in [0.29, 0.717) is 0 Å². The van der Waals surface area contributed by atoms with Crippen LogP contribution in [0.25, 0.3) is 256 Å². The molecule has 0 saturated carbocycles. The molecule has 0 bridgehead atoms. The number of hydrogen-bond acceptors (Lipinski definition) is 5. The van der Waals surface area contributed by atoms with Gasteiger partial charge in [-0.25, -0.2) is 0 Å². The number of benzene rings is 22. The monoisotopic (exact) mass is 1610 g/mol. The Morgan fingerprint density at radius 2 is 0.488 bits per heavy atom. The Balaban J connectivity index is 0.000000101. The van der Waals surface area contributed by atoms with Gasteiger partial charge in [-0.3, -0.25) is 0 Å². The first-order valence-corrected chi connectivity index (χ1v) is 44.7. The van der Waals surface area contributed by atoms with Crippen LogP contribution < -0.4 is 0 Å². The van der Waals surface area contributed by atoms with E-state index in [-0.39, 0.29) is 0 Å². The topological polar surface area (TPSA) is 13.1 Å². The first-order chi connectivity index (χ1) is 59.8. The molecule has 22 aromatic carbocycles. The average Bonchev–Trinajstić information content (AvgIpc) is 1.60. The molecule has 5 heterocycles. The largest absolute Gasteiger partial charge is 0.456 e. The number of rotatable bonds is 8. The van der Waals surface area contributed by atoms with E-state index >= 15 is 0 Å². The number of thiophene rings is 4. The molecule has 5 aromatic heterocycles. The molecule has 0 unspecified atom stereocenters. The van der Waals surface area contributed by atoms with Crippen LogP contribution in [0.15, 0.2) is 393 Å². The molecule has 1 nitrogen and oxygen atoms in total. The Hall–Kier alpha value is -14.1. The van der Waals surface area contributed by atoms with Gasteiger partial charge in [-0.05, 0) is 252 Å². The van der Waals surface area contributed by atoms with Crippen LogP contribution >= 0.6 is 45.3 Å². The Morgan fingerprint density at radius 3 is 0.934 bits per heavy atom. The van der Waals surface area contributed by atoms with Crippen LogP contribution in [0, 0.1) is 13.8 Å². The van der Waals surface area contributed by atoms with Gasteiger partial charge in [0.05, 0.1) is 0 Å². The molecule has 0 atom stereocenters. The quantitative estimate of drug-likeness (QED) is 0.138. The predicted octanol–water partition coefficient (Wildman–Crippen LogP) is 35.6. The number of furan rings is 1. The van der Waals surface area contributed by atoms with Gasteiger partial charge >= 0.3 is 0 Å². The fourth-order valence-corrected chi connectivity index (χ4v) is 24.9. The van der Waals surface area contributed by atoms with E-state index < -0.39 is 0 Å². The summed E-state index contributed by atoms with van der Waals surface area (Å²) in [6.45, 7) is 4.43. The fourth-order valence-electron chi connectivity index (χ4n) is 19.9. The lowest BCUT2D eigenvalue weighted by molar-refractivity contribution is 0.669. The Kier molecular flexibility index (Phi) is 16.0. The smallest absolute Gasteiger partial charge is 0.136 e. The van der Waals surface area contributed by atoms with E-state index in [1.165, 1.54) is 256 Å². The molecule has 27 rings (SSSR count). The van der Waals surface area contributed by atoms with Crippen molar-refractivity contribution in [3.05, 3.63) is 399 Å². The molecule has 564 valence electrons. The van der Waals surface area contributed by atoms with Crippen LogP contribution in [0.5, 0.6) is 0 Å². The van der Waals surface area contributed by atoms with Crippen LogP contribution in [-0.4, -0.2) is 0 Å². The lowest BCUT2D eigenvalue weighted by atomic mass is 9.89. The maximum atomic E-state index is 6.30. The van der Waals surface area contributed by atoms with Crippen molar-refractivity contribution in [2.45, 2.75) is 13.8 Å². The van der Waals surface area contributed by atoms with Gasteiger partial charge in [0, 0.05) is 103 Å². The van der Waals surface area contributed by atoms with Crippen LogP contribution in [0.2, 0.25) is 0 Å². The number of hydrogen-bond donors (Lipinski definition) is 0. The molecule has 5 heteroatoms. The third kappa shape index (κ3) is 11.1. The van der Waals surface area contributed by atoms with Crippen molar-refractivity contribution in [3.63, 3.8) is 0 Å². The minimum atomic E-state index is 0.952. The van der Waals surface area contributed by atoms with Gasteiger partial charge in [-0.15, -0.1) is 45.3 Å². The standard InChI is InChI=1S/C42H24OS.C42H24S2.C32H22S/c1-3-9-25(10-4-1)27-18-20-39-35(21-27)36-24-29(26-11-5-2-6-12-26)23-33(42(36)44-39)28-17-19-30-31-13-7-15-37-40(31)41-32(34(30)22-28)14-8-16-38(41)43-37;1-3-9-25(10-4-1)27-18-20-37-35(21-27)36-24-29(26-11-5-2-6-12-26)23-33(42(36)44-37)28-17-19-30-31-13-7-15-38-40(31)41-32(34(30)22-28)14-8-16-39(41)43-38;1-19-9-3-5-11-21(19)27-17-15-25-23-13-7-8-14-24(23)26-16-18-28(22-12-6-4-10-20(22)2)32-30(26)29(25)31(27)33-32/h2*1-24H;3-18H,1-2H3. The van der Waals surface area contributed by atoms with Gasteiger partial charge in [0.15, 0.2) is 0 Å². The summed E-state index contributed by atoms with van der Waals surface area (Å²) in [5.41, 5.74) is 24.9. The van der Waals surface area contributed by atoms with Gasteiger partial charge in [0.25, 0.3) is 0 Å². The van der Waals surface area contributed by atoms with Crippen LogP contribution in [0.1, 0.15) is 11.1 Å². The van der Waals surface area contributed by atoms with E-state index in [0.717, 1.165) is 11.2 Å². The highest BCUT2D eigenvalue weighted by Gasteiger charge is 2.26. The Morgan fingerprint density at radius 1 is 0.157 bits per heavy atom. The Bertz CT molecular complexity index is 8330. The molecule has 0 fully saturated rings. The summed E-state index contributed by atoms with van der Waals surface area (Å²) in [5, 5.41) is 29.2. The summed E-state index contributed by atoms with van der Waals surface area (Å²) < 4.78 is 17.1. The Labute approximate surface area is 713 Å².